The van der Waals surface area contributed by atoms with Crippen LogP contribution in [0.15, 0.2) is 11.6 Å². The molecule has 194 valence electrons. The van der Waals surface area contributed by atoms with Crippen molar-refractivity contribution in [2.24, 2.45) is 0 Å². The van der Waals surface area contributed by atoms with Gasteiger partial charge in [-0.1, -0.05) is 18.6 Å². The van der Waals surface area contributed by atoms with Crippen molar-refractivity contribution in [1.29, 1.82) is 0 Å². The Morgan fingerprint density at radius 2 is 1.89 bits per heavy atom. The maximum absolute atomic E-state index is 13.6. The van der Waals surface area contributed by atoms with E-state index in [-0.39, 0.29) is 48.0 Å². The van der Waals surface area contributed by atoms with Crippen LogP contribution in [0, 0.1) is 6.92 Å². The fourth-order valence-electron chi connectivity index (χ4n) is 3.99. The summed E-state index contributed by atoms with van der Waals surface area (Å²) >= 11 is 0. The van der Waals surface area contributed by atoms with Gasteiger partial charge in [0.2, 0.25) is 0 Å². The van der Waals surface area contributed by atoms with Crippen LogP contribution in [-0.2, 0) is 32.1 Å². The first-order chi connectivity index (χ1) is 16.3. The minimum Gasteiger partial charge on any atom is -0.496 e. The molecule has 7 nitrogen and oxygen atoms in total. The Labute approximate surface area is 203 Å². The fourth-order valence-corrected chi connectivity index (χ4v) is 3.99. The number of ether oxygens (including phenoxy) is 3. The molecule has 1 aromatic rings. The van der Waals surface area contributed by atoms with Gasteiger partial charge in [-0.15, -0.1) is 0 Å². The number of alkyl halides is 3. The van der Waals surface area contributed by atoms with Crippen LogP contribution >= 0.6 is 0 Å². The highest BCUT2D eigenvalue weighted by molar-refractivity contribution is 6.08. The Morgan fingerprint density at radius 1 is 1.23 bits per heavy atom. The van der Waals surface area contributed by atoms with E-state index in [0.29, 0.717) is 35.5 Å². The SMILES string of the molecule is CCCOC(=O)CCC(C)=CCc1c(OC)c(C)c2c(c1N(C(=O)C(F)(F)F)C(C)C)C(=O)OC2. The lowest BCUT2D eigenvalue weighted by Crippen LogP contribution is -2.46. The number of rotatable bonds is 10. The van der Waals surface area contributed by atoms with Crippen LogP contribution in [0.4, 0.5) is 18.9 Å². The van der Waals surface area contributed by atoms with Crippen molar-refractivity contribution >= 4 is 23.5 Å². The Balaban J connectivity index is 2.61. The van der Waals surface area contributed by atoms with Crippen molar-refractivity contribution < 1.29 is 41.8 Å². The standard InChI is InChI=1S/C25H32F3NO6/c1-7-12-34-19(30)11-9-15(4)8-10-17-21(29(14(2)3)24(32)25(26,27)28)20-18(13-35-23(20)31)16(5)22(17)33-6/h8,14H,7,9-13H2,1-6H3. The predicted molar refractivity (Wildman–Crippen MR) is 123 cm³/mol. The molecule has 0 radical (unpaired) electrons. The van der Waals surface area contributed by atoms with E-state index < -0.39 is 24.1 Å². The number of hydrogen-bond acceptors (Lipinski definition) is 6. The molecule has 0 N–H and O–H groups in total. The third-order valence-electron chi connectivity index (χ3n) is 5.71. The van der Waals surface area contributed by atoms with E-state index in [1.54, 1.807) is 19.9 Å². The van der Waals surface area contributed by atoms with Crippen molar-refractivity contribution in [3.63, 3.8) is 0 Å². The van der Waals surface area contributed by atoms with Crippen molar-refractivity contribution in [3.05, 3.63) is 33.9 Å². The lowest BCUT2D eigenvalue weighted by Gasteiger charge is -2.32. The van der Waals surface area contributed by atoms with Crippen molar-refractivity contribution in [2.75, 3.05) is 18.6 Å². The minimum absolute atomic E-state index is 0.0567. The number of benzene rings is 1. The Bertz CT molecular complexity index is 1010. The van der Waals surface area contributed by atoms with Gasteiger partial charge in [0, 0.05) is 23.6 Å². The second-order valence-electron chi connectivity index (χ2n) is 8.66. The monoisotopic (exact) mass is 499 g/mol. The molecule has 0 spiro atoms. The zero-order valence-electron chi connectivity index (χ0n) is 20.9. The highest BCUT2D eigenvalue weighted by atomic mass is 19.4. The number of methoxy groups -OCH3 is 1. The molecule has 0 aliphatic carbocycles. The largest absolute Gasteiger partial charge is 0.496 e. The van der Waals surface area contributed by atoms with Crippen molar-refractivity contribution in [3.8, 4) is 5.75 Å². The number of hydrogen-bond donors (Lipinski definition) is 0. The molecule has 0 fully saturated rings. The van der Waals surface area contributed by atoms with Gasteiger partial charge in [-0.25, -0.2) is 4.79 Å². The minimum atomic E-state index is -5.15. The molecule has 10 heteroatoms. The first kappa shape index (κ1) is 28.2. The van der Waals surface area contributed by atoms with E-state index in [4.69, 9.17) is 14.2 Å². The molecule has 1 aliphatic rings. The van der Waals surface area contributed by atoms with Gasteiger partial charge >= 0.3 is 24.0 Å². The topological polar surface area (TPSA) is 82.1 Å². The number of halogens is 3. The normalized spacial score (nSPS) is 13.5. The number of nitrogens with zero attached hydrogens (tertiary/aromatic N) is 1. The molecule has 0 saturated heterocycles. The van der Waals surface area contributed by atoms with E-state index >= 15 is 0 Å². The van der Waals surface area contributed by atoms with Crippen LogP contribution in [-0.4, -0.2) is 43.8 Å². The summed E-state index contributed by atoms with van der Waals surface area (Å²) in [6.45, 7) is 8.47. The summed E-state index contributed by atoms with van der Waals surface area (Å²) in [5, 5.41) is 0. The van der Waals surface area contributed by atoms with Gasteiger partial charge in [-0.2, -0.15) is 13.2 Å². The molecule has 1 heterocycles. The third-order valence-corrected chi connectivity index (χ3v) is 5.71. The summed E-state index contributed by atoms with van der Waals surface area (Å²) in [5.41, 5.74) is 1.80. The molecule has 0 atom stereocenters. The maximum Gasteiger partial charge on any atom is 0.471 e. The molecular formula is C25H32F3NO6. The summed E-state index contributed by atoms with van der Waals surface area (Å²) in [5.74, 6) is -2.93. The lowest BCUT2D eigenvalue weighted by atomic mass is 9.92. The number of allylic oxidation sites excluding steroid dienone is 2. The van der Waals surface area contributed by atoms with Gasteiger partial charge in [0.25, 0.3) is 0 Å². The maximum atomic E-state index is 13.6. The van der Waals surface area contributed by atoms with E-state index in [1.807, 2.05) is 6.92 Å². The summed E-state index contributed by atoms with van der Waals surface area (Å²) in [6, 6.07) is -0.911. The van der Waals surface area contributed by atoms with E-state index in [1.165, 1.54) is 21.0 Å². The lowest BCUT2D eigenvalue weighted by molar-refractivity contribution is -0.170. The van der Waals surface area contributed by atoms with Gasteiger partial charge in [0.05, 0.1) is 25.0 Å². The second kappa shape index (κ2) is 11.6. The van der Waals surface area contributed by atoms with Gasteiger partial charge in [0.15, 0.2) is 0 Å². The summed E-state index contributed by atoms with van der Waals surface area (Å²) in [7, 11) is 1.38. The predicted octanol–water partition coefficient (Wildman–Crippen LogP) is 5.20. The number of cyclic esters (lactones) is 1. The molecule has 0 aromatic heterocycles. The molecule has 35 heavy (non-hydrogen) atoms. The average Bonchev–Trinajstić information content (AvgIpc) is 3.17. The molecule has 0 bridgehead atoms. The number of anilines is 1. The number of fused-ring (bicyclic) bond motifs is 1. The van der Waals surface area contributed by atoms with Crippen LogP contribution in [0.2, 0.25) is 0 Å². The quantitative estimate of drug-likeness (QED) is 0.325. The molecular weight excluding hydrogens is 467 g/mol. The smallest absolute Gasteiger partial charge is 0.471 e. The van der Waals surface area contributed by atoms with Crippen LogP contribution < -0.4 is 9.64 Å². The average molecular weight is 500 g/mol. The fraction of sp³-hybridized carbons (Fsp3) is 0.560. The Kier molecular flexibility index (Phi) is 9.34. The number of carbonyl (C=O) groups excluding carboxylic acids is 3. The first-order valence-electron chi connectivity index (χ1n) is 11.5. The zero-order valence-corrected chi connectivity index (χ0v) is 20.9. The van der Waals surface area contributed by atoms with E-state index in [9.17, 15) is 27.6 Å². The van der Waals surface area contributed by atoms with Crippen LogP contribution in [0.5, 0.6) is 5.75 Å². The summed E-state index contributed by atoms with van der Waals surface area (Å²) in [4.78, 5) is 37.5. The first-order valence-corrected chi connectivity index (χ1v) is 11.5. The van der Waals surface area contributed by atoms with Crippen LogP contribution in [0.3, 0.4) is 0 Å². The Hall–Kier alpha value is -3.04. The summed E-state index contributed by atoms with van der Waals surface area (Å²) in [6.07, 6.45) is -2.07. The highest BCUT2D eigenvalue weighted by Crippen LogP contribution is 2.44. The van der Waals surface area contributed by atoms with Crippen molar-refractivity contribution in [2.45, 2.75) is 79.1 Å². The van der Waals surface area contributed by atoms with Gasteiger partial charge in [-0.05, 0) is 52.5 Å². The van der Waals surface area contributed by atoms with Crippen LogP contribution in [0.1, 0.15) is 74.0 Å². The highest BCUT2D eigenvalue weighted by Gasteiger charge is 2.47. The number of esters is 2. The molecule has 1 aliphatic heterocycles. The van der Waals surface area contributed by atoms with Gasteiger partial charge in [-0.3, -0.25) is 9.59 Å². The van der Waals surface area contributed by atoms with E-state index in [0.717, 1.165) is 5.57 Å². The molecule has 2 rings (SSSR count). The summed E-state index contributed by atoms with van der Waals surface area (Å²) < 4.78 is 56.5. The molecule has 0 unspecified atom stereocenters. The third kappa shape index (κ3) is 6.35. The number of amides is 1. The van der Waals surface area contributed by atoms with E-state index in [2.05, 4.69) is 0 Å². The molecule has 1 aromatic carbocycles. The molecule has 0 saturated carbocycles. The van der Waals surface area contributed by atoms with Gasteiger partial charge in [0.1, 0.15) is 12.4 Å². The number of carbonyl (C=O) groups is 3. The second-order valence-corrected chi connectivity index (χ2v) is 8.66. The van der Waals surface area contributed by atoms with Crippen molar-refractivity contribution in [1.82, 2.24) is 0 Å². The van der Waals surface area contributed by atoms with Crippen LogP contribution in [0.25, 0.3) is 0 Å². The molecule has 1 amide bonds. The van der Waals surface area contributed by atoms with Gasteiger partial charge < -0.3 is 19.1 Å². The Morgan fingerprint density at radius 3 is 2.43 bits per heavy atom. The zero-order chi connectivity index (χ0) is 26.5.